The van der Waals surface area contributed by atoms with Gasteiger partial charge in [-0.3, -0.25) is 24.0 Å². The predicted octanol–water partition coefficient (Wildman–Crippen LogP) is -3.26. The Morgan fingerprint density at radius 2 is 1.59 bits per heavy atom. The van der Waals surface area contributed by atoms with Crippen molar-refractivity contribution in [1.82, 2.24) is 10.6 Å². The minimum absolute atomic E-state index is 0.165. The van der Waals surface area contributed by atoms with Crippen molar-refractivity contribution in [3.8, 4) is 0 Å². The van der Waals surface area contributed by atoms with E-state index in [4.69, 9.17) is 21.7 Å². The van der Waals surface area contributed by atoms with Crippen molar-refractivity contribution in [3.63, 3.8) is 0 Å². The van der Waals surface area contributed by atoms with E-state index in [2.05, 4.69) is 5.32 Å². The van der Waals surface area contributed by atoms with Crippen LogP contribution in [0.1, 0.15) is 19.3 Å². The summed E-state index contributed by atoms with van der Waals surface area (Å²) in [4.78, 5) is 55.0. The number of carboxylic acid groups (broad SMARTS) is 2. The molecule has 0 rings (SSSR count). The zero-order valence-corrected chi connectivity index (χ0v) is 11.6. The lowest BCUT2D eigenvalue weighted by molar-refractivity contribution is -0.138. The zero-order chi connectivity index (χ0) is 17.3. The first-order chi connectivity index (χ1) is 10.1. The van der Waals surface area contributed by atoms with Gasteiger partial charge in [0.05, 0.1) is 12.5 Å². The summed E-state index contributed by atoms with van der Waals surface area (Å²) in [6.07, 6.45) is -1.07. The van der Waals surface area contributed by atoms with Crippen LogP contribution in [0.3, 0.4) is 0 Å². The lowest BCUT2D eigenvalue weighted by atomic mass is 10.1. The number of carbonyl (C=O) groups is 5. The largest absolute Gasteiger partial charge is 0.481 e. The van der Waals surface area contributed by atoms with Crippen LogP contribution in [0.25, 0.3) is 0 Å². The van der Waals surface area contributed by atoms with E-state index < -0.39 is 54.7 Å². The molecule has 0 saturated heterocycles. The summed E-state index contributed by atoms with van der Waals surface area (Å²) in [5, 5.41) is 21.1. The summed E-state index contributed by atoms with van der Waals surface area (Å²) in [6.45, 7) is -0.699. The van der Waals surface area contributed by atoms with Crippen LogP contribution in [0.5, 0.6) is 0 Å². The van der Waals surface area contributed by atoms with Gasteiger partial charge in [-0.25, -0.2) is 0 Å². The minimum atomic E-state index is -1.39. The number of hydrogen-bond donors (Lipinski definition) is 6. The summed E-state index contributed by atoms with van der Waals surface area (Å²) in [6, 6.07) is -2.58. The smallest absolute Gasteiger partial charge is 0.322 e. The van der Waals surface area contributed by atoms with Crippen molar-refractivity contribution >= 4 is 29.7 Å². The van der Waals surface area contributed by atoms with Gasteiger partial charge in [0.15, 0.2) is 0 Å². The number of carbonyl (C=O) groups excluding carboxylic acids is 3. The molecule has 0 spiro atoms. The van der Waals surface area contributed by atoms with Gasteiger partial charge in [0.2, 0.25) is 17.7 Å². The molecule has 124 valence electrons. The Bertz CT molecular complexity index is 465. The number of primary amides is 1. The molecule has 0 saturated carbocycles. The highest BCUT2D eigenvalue weighted by atomic mass is 16.4. The number of rotatable bonds is 10. The molecule has 0 aliphatic carbocycles. The first kappa shape index (κ1) is 19.3. The fourth-order valence-corrected chi connectivity index (χ4v) is 1.39. The van der Waals surface area contributed by atoms with Crippen LogP contribution in [-0.2, 0) is 24.0 Å². The molecule has 0 aromatic rings. The monoisotopic (exact) mass is 318 g/mol. The lowest BCUT2D eigenvalue weighted by Gasteiger charge is -2.19. The van der Waals surface area contributed by atoms with Gasteiger partial charge in [-0.15, -0.1) is 0 Å². The van der Waals surface area contributed by atoms with Gasteiger partial charge in [-0.1, -0.05) is 0 Å². The normalized spacial score (nSPS) is 12.8. The van der Waals surface area contributed by atoms with Crippen molar-refractivity contribution < 1.29 is 34.2 Å². The van der Waals surface area contributed by atoms with Crippen LogP contribution in [0.15, 0.2) is 0 Å². The quantitative estimate of drug-likeness (QED) is 0.241. The molecule has 22 heavy (non-hydrogen) atoms. The molecule has 3 amide bonds. The van der Waals surface area contributed by atoms with E-state index in [1.807, 2.05) is 5.32 Å². The number of nitrogens with two attached hydrogens (primary N) is 2. The van der Waals surface area contributed by atoms with Crippen LogP contribution in [0, 0.1) is 0 Å². The first-order valence-corrected chi connectivity index (χ1v) is 6.19. The topological polar surface area (TPSA) is 202 Å². The number of amides is 3. The highest BCUT2D eigenvalue weighted by Gasteiger charge is 2.25. The third kappa shape index (κ3) is 8.47. The van der Waals surface area contributed by atoms with Crippen LogP contribution in [0.2, 0.25) is 0 Å². The fourth-order valence-electron chi connectivity index (χ4n) is 1.39. The molecule has 8 N–H and O–H groups in total. The summed E-state index contributed by atoms with van der Waals surface area (Å²) < 4.78 is 0. The second-order valence-corrected chi connectivity index (χ2v) is 4.38. The van der Waals surface area contributed by atoms with E-state index in [1.54, 1.807) is 0 Å². The Morgan fingerprint density at radius 3 is 2.05 bits per heavy atom. The zero-order valence-electron chi connectivity index (χ0n) is 11.6. The van der Waals surface area contributed by atoms with Crippen LogP contribution >= 0.6 is 0 Å². The van der Waals surface area contributed by atoms with Gasteiger partial charge in [-0.05, 0) is 6.42 Å². The molecule has 0 aromatic carbocycles. The molecule has 0 bridgehead atoms. The molecule has 0 unspecified atom stereocenters. The predicted molar refractivity (Wildman–Crippen MR) is 71.2 cm³/mol. The van der Waals surface area contributed by atoms with Crippen molar-refractivity contribution in [2.75, 3.05) is 6.54 Å². The maximum Gasteiger partial charge on any atom is 0.322 e. The van der Waals surface area contributed by atoms with Gasteiger partial charge < -0.3 is 32.3 Å². The lowest BCUT2D eigenvalue weighted by Crippen LogP contribution is -2.53. The van der Waals surface area contributed by atoms with E-state index in [0.29, 0.717) is 0 Å². The Labute approximate surface area is 125 Å². The molecule has 0 heterocycles. The highest BCUT2D eigenvalue weighted by Crippen LogP contribution is 1.98. The Kier molecular flexibility index (Phi) is 8.15. The highest BCUT2D eigenvalue weighted by molar-refractivity contribution is 5.94. The Balaban J connectivity index is 4.65. The molecular weight excluding hydrogens is 300 g/mol. The molecule has 0 aromatic heterocycles. The third-order valence-corrected chi connectivity index (χ3v) is 2.46. The van der Waals surface area contributed by atoms with Crippen molar-refractivity contribution in [1.29, 1.82) is 0 Å². The van der Waals surface area contributed by atoms with E-state index in [-0.39, 0.29) is 12.8 Å². The number of aliphatic carboxylic acids is 2. The average molecular weight is 318 g/mol. The number of nitrogens with one attached hydrogen (secondary N) is 2. The van der Waals surface area contributed by atoms with Crippen molar-refractivity contribution in [2.45, 2.75) is 31.3 Å². The standard InChI is InChI=1S/C11H18N4O7/c12-5(1-2-8(17)18)10(21)15-6(3-7(13)16)11(22)14-4-9(19)20/h5-6H,1-4,12H2,(H2,13,16)(H,14,22)(H,15,21)(H,17,18)(H,19,20)/t5-,6-/m0/s1. The SMILES string of the molecule is NC(=O)C[C@H](NC(=O)[C@@H](N)CCC(=O)O)C(=O)NCC(=O)O. The van der Waals surface area contributed by atoms with Crippen molar-refractivity contribution in [3.05, 3.63) is 0 Å². The molecule has 0 aliphatic heterocycles. The maximum atomic E-state index is 11.7. The summed E-state index contributed by atoms with van der Waals surface area (Å²) >= 11 is 0. The Morgan fingerprint density at radius 1 is 1.00 bits per heavy atom. The molecule has 0 radical (unpaired) electrons. The minimum Gasteiger partial charge on any atom is -0.481 e. The Hall–Kier alpha value is -2.69. The van der Waals surface area contributed by atoms with E-state index in [9.17, 15) is 24.0 Å². The van der Waals surface area contributed by atoms with Gasteiger partial charge in [-0.2, -0.15) is 0 Å². The molecular formula is C11H18N4O7. The van der Waals surface area contributed by atoms with Gasteiger partial charge >= 0.3 is 11.9 Å². The van der Waals surface area contributed by atoms with E-state index in [0.717, 1.165) is 0 Å². The van der Waals surface area contributed by atoms with Crippen LogP contribution in [0.4, 0.5) is 0 Å². The van der Waals surface area contributed by atoms with E-state index in [1.165, 1.54) is 0 Å². The summed E-state index contributed by atoms with van der Waals surface area (Å²) in [7, 11) is 0. The van der Waals surface area contributed by atoms with Crippen LogP contribution < -0.4 is 22.1 Å². The number of hydrogen-bond acceptors (Lipinski definition) is 6. The van der Waals surface area contributed by atoms with Crippen molar-refractivity contribution in [2.24, 2.45) is 11.5 Å². The molecule has 11 heteroatoms. The third-order valence-electron chi connectivity index (χ3n) is 2.46. The molecule has 0 fully saturated rings. The van der Waals surface area contributed by atoms with Gasteiger partial charge in [0.1, 0.15) is 12.6 Å². The first-order valence-electron chi connectivity index (χ1n) is 6.19. The van der Waals surface area contributed by atoms with Gasteiger partial charge in [0.25, 0.3) is 0 Å². The summed E-state index contributed by atoms with van der Waals surface area (Å²) in [5.41, 5.74) is 10.4. The average Bonchev–Trinajstić information content (AvgIpc) is 2.40. The second-order valence-electron chi connectivity index (χ2n) is 4.38. The van der Waals surface area contributed by atoms with E-state index >= 15 is 0 Å². The van der Waals surface area contributed by atoms with Gasteiger partial charge in [0, 0.05) is 6.42 Å². The molecule has 0 aliphatic rings. The fraction of sp³-hybridized carbons (Fsp3) is 0.545. The summed E-state index contributed by atoms with van der Waals surface area (Å²) in [5.74, 6) is -5.11. The molecule has 11 nitrogen and oxygen atoms in total. The maximum absolute atomic E-state index is 11.7. The number of carboxylic acids is 2. The second kappa shape index (κ2) is 9.28. The van der Waals surface area contributed by atoms with Crippen LogP contribution in [-0.4, -0.2) is 58.5 Å². The molecule has 2 atom stereocenters.